The van der Waals surface area contributed by atoms with E-state index in [1.807, 2.05) is 43.3 Å². The summed E-state index contributed by atoms with van der Waals surface area (Å²) in [6, 6.07) is 12.1. The molecule has 25 heavy (non-hydrogen) atoms. The van der Waals surface area contributed by atoms with Crippen LogP contribution in [0.1, 0.15) is 56.6 Å². The third kappa shape index (κ3) is 6.20. The van der Waals surface area contributed by atoms with Gasteiger partial charge in [0.2, 0.25) is 0 Å². The topological polar surface area (TPSA) is 38.3 Å². The Balaban J connectivity index is 1.92. The van der Waals surface area contributed by atoms with E-state index in [1.54, 1.807) is 0 Å². The Kier molecular flexibility index (Phi) is 7.51. The molecule has 0 aliphatic carbocycles. The third-order valence-corrected chi connectivity index (χ3v) is 5.21. The van der Waals surface area contributed by atoms with Crippen LogP contribution in [0.25, 0.3) is 10.4 Å². The average Bonchev–Trinajstić information content (AvgIpc) is 3.05. The maximum atomic E-state index is 12.4. The second-order valence-corrected chi connectivity index (χ2v) is 7.90. The quantitative estimate of drug-likeness (QED) is 0.618. The Morgan fingerprint density at radius 2 is 1.80 bits per heavy atom. The maximum Gasteiger partial charge on any atom is 0.261 e. The number of hydrogen-bond acceptors (Lipinski definition) is 3. The van der Waals surface area contributed by atoms with Crippen molar-refractivity contribution in [3.8, 4) is 16.2 Å². The normalized spacial score (nSPS) is 12.2. The highest BCUT2D eigenvalue weighted by atomic mass is 32.1. The van der Waals surface area contributed by atoms with Crippen LogP contribution in [0.4, 0.5) is 0 Å². The Hall–Kier alpha value is -1.81. The highest BCUT2D eigenvalue weighted by Crippen LogP contribution is 2.29. The van der Waals surface area contributed by atoms with Crippen LogP contribution in [0.5, 0.6) is 5.75 Å². The fraction of sp³-hybridized carbons (Fsp3) is 0.476. The minimum Gasteiger partial charge on any atom is -0.494 e. The van der Waals surface area contributed by atoms with Gasteiger partial charge in [-0.1, -0.05) is 26.7 Å². The van der Waals surface area contributed by atoms with Gasteiger partial charge in [0.15, 0.2) is 0 Å². The highest BCUT2D eigenvalue weighted by molar-refractivity contribution is 7.17. The van der Waals surface area contributed by atoms with E-state index >= 15 is 0 Å². The molecule has 2 rings (SSSR count). The molecule has 1 aromatic carbocycles. The van der Waals surface area contributed by atoms with Crippen LogP contribution in [0.15, 0.2) is 36.4 Å². The second kappa shape index (κ2) is 9.62. The van der Waals surface area contributed by atoms with E-state index in [0.29, 0.717) is 6.61 Å². The fourth-order valence-corrected chi connectivity index (χ4v) is 3.61. The number of carbonyl (C=O) groups excluding carboxylic acids is 1. The van der Waals surface area contributed by atoms with E-state index in [0.717, 1.165) is 39.8 Å². The van der Waals surface area contributed by atoms with Crippen molar-refractivity contribution in [3.63, 3.8) is 0 Å². The summed E-state index contributed by atoms with van der Waals surface area (Å²) in [5.74, 6) is 1.62. The molecule has 1 N–H and O–H groups in total. The zero-order chi connectivity index (χ0) is 18.2. The van der Waals surface area contributed by atoms with Crippen LogP contribution in [0.2, 0.25) is 0 Å². The molecule has 4 heteroatoms. The predicted molar refractivity (Wildman–Crippen MR) is 107 cm³/mol. The van der Waals surface area contributed by atoms with E-state index in [4.69, 9.17) is 4.74 Å². The Morgan fingerprint density at radius 3 is 2.44 bits per heavy atom. The van der Waals surface area contributed by atoms with Crippen molar-refractivity contribution in [3.05, 3.63) is 41.3 Å². The zero-order valence-corrected chi connectivity index (χ0v) is 16.5. The van der Waals surface area contributed by atoms with Gasteiger partial charge in [-0.2, -0.15) is 0 Å². The molecule has 0 fully saturated rings. The van der Waals surface area contributed by atoms with Gasteiger partial charge in [0, 0.05) is 10.9 Å². The van der Waals surface area contributed by atoms with Crippen molar-refractivity contribution in [2.24, 2.45) is 5.92 Å². The molecule has 0 bridgehead atoms. The molecule has 1 atom stereocenters. The van der Waals surface area contributed by atoms with E-state index in [-0.39, 0.29) is 11.9 Å². The van der Waals surface area contributed by atoms with Crippen molar-refractivity contribution < 1.29 is 9.53 Å². The number of carbonyl (C=O) groups is 1. The lowest BCUT2D eigenvalue weighted by Gasteiger charge is -2.13. The van der Waals surface area contributed by atoms with Crippen LogP contribution in [0, 0.1) is 5.92 Å². The lowest BCUT2D eigenvalue weighted by atomic mass is 10.0. The molecule has 1 amide bonds. The highest BCUT2D eigenvalue weighted by Gasteiger charge is 2.13. The molecule has 1 aromatic heterocycles. The van der Waals surface area contributed by atoms with E-state index in [2.05, 4.69) is 26.1 Å². The van der Waals surface area contributed by atoms with Crippen LogP contribution in [-0.2, 0) is 0 Å². The Morgan fingerprint density at radius 1 is 1.08 bits per heavy atom. The summed E-state index contributed by atoms with van der Waals surface area (Å²) in [5, 5.41) is 3.11. The maximum absolute atomic E-state index is 12.4. The molecule has 0 unspecified atom stereocenters. The standard InChI is InChI=1S/C21H29NO2S/c1-5-24-18-11-9-17(10-12-18)19-13-14-20(25-19)21(23)22-16(4)8-6-7-15(2)3/h9-16H,5-8H2,1-4H3,(H,22,23)/t16-/m1/s1. The van der Waals surface area contributed by atoms with Crippen molar-refractivity contribution in [1.29, 1.82) is 0 Å². The first-order chi connectivity index (χ1) is 12.0. The molecule has 0 aliphatic heterocycles. The summed E-state index contributed by atoms with van der Waals surface area (Å²) >= 11 is 1.53. The Bertz CT molecular complexity index is 661. The van der Waals surface area contributed by atoms with Crippen LogP contribution in [0.3, 0.4) is 0 Å². The lowest BCUT2D eigenvalue weighted by molar-refractivity contribution is 0.0942. The van der Waals surface area contributed by atoms with Crippen molar-refractivity contribution in [2.75, 3.05) is 6.61 Å². The molecule has 0 aliphatic rings. The molecule has 0 spiro atoms. The molecule has 0 saturated carbocycles. The Labute approximate surface area is 155 Å². The summed E-state index contributed by atoms with van der Waals surface area (Å²) < 4.78 is 5.47. The largest absolute Gasteiger partial charge is 0.494 e. The number of thiophene rings is 1. The average molecular weight is 360 g/mol. The van der Waals surface area contributed by atoms with E-state index in [1.165, 1.54) is 17.8 Å². The number of rotatable bonds is 9. The molecule has 1 heterocycles. The van der Waals surface area contributed by atoms with E-state index < -0.39 is 0 Å². The van der Waals surface area contributed by atoms with Crippen LogP contribution >= 0.6 is 11.3 Å². The molecular formula is C21H29NO2S. The lowest BCUT2D eigenvalue weighted by Crippen LogP contribution is -2.31. The first-order valence-electron chi connectivity index (χ1n) is 9.13. The number of hydrogen-bond donors (Lipinski definition) is 1. The summed E-state index contributed by atoms with van der Waals surface area (Å²) in [6.45, 7) is 9.19. The summed E-state index contributed by atoms with van der Waals surface area (Å²) in [6.07, 6.45) is 3.39. The van der Waals surface area contributed by atoms with Gasteiger partial charge in [0.25, 0.3) is 5.91 Å². The van der Waals surface area contributed by atoms with Gasteiger partial charge in [-0.05, 0) is 68.1 Å². The molecule has 3 nitrogen and oxygen atoms in total. The summed E-state index contributed by atoms with van der Waals surface area (Å²) in [5.41, 5.74) is 1.11. The van der Waals surface area contributed by atoms with Gasteiger partial charge < -0.3 is 10.1 Å². The number of benzene rings is 1. The van der Waals surface area contributed by atoms with Crippen molar-refractivity contribution in [2.45, 2.75) is 53.0 Å². The van der Waals surface area contributed by atoms with Gasteiger partial charge >= 0.3 is 0 Å². The van der Waals surface area contributed by atoms with Crippen LogP contribution < -0.4 is 10.1 Å². The first-order valence-corrected chi connectivity index (χ1v) is 9.95. The number of ether oxygens (including phenoxy) is 1. The minimum atomic E-state index is 0.0271. The first kappa shape index (κ1) is 19.5. The van der Waals surface area contributed by atoms with Gasteiger partial charge in [0.05, 0.1) is 11.5 Å². The SMILES string of the molecule is CCOc1ccc(-c2ccc(C(=O)N[C@H](C)CCCC(C)C)s2)cc1. The van der Waals surface area contributed by atoms with Gasteiger partial charge in [-0.15, -0.1) is 11.3 Å². The molecule has 0 saturated heterocycles. The molecule has 136 valence electrons. The van der Waals surface area contributed by atoms with Crippen molar-refractivity contribution in [1.82, 2.24) is 5.32 Å². The molecule has 0 radical (unpaired) electrons. The van der Waals surface area contributed by atoms with Gasteiger partial charge in [-0.25, -0.2) is 0 Å². The van der Waals surface area contributed by atoms with Crippen LogP contribution in [-0.4, -0.2) is 18.6 Å². The third-order valence-electron chi connectivity index (χ3n) is 4.08. The molecule has 2 aromatic rings. The summed E-state index contributed by atoms with van der Waals surface area (Å²) in [4.78, 5) is 14.3. The monoisotopic (exact) mass is 359 g/mol. The number of nitrogens with one attached hydrogen (secondary N) is 1. The fourth-order valence-electron chi connectivity index (χ4n) is 2.70. The summed E-state index contributed by atoms with van der Waals surface area (Å²) in [7, 11) is 0. The molecular weight excluding hydrogens is 330 g/mol. The van der Waals surface area contributed by atoms with E-state index in [9.17, 15) is 4.79 Å². The minimum absolute atomic E-state index is 0.0271. The van der Waals surface area contributed by atoms with Crippen molar-refractivity contribution >= 4 is 17.2 Å². The second-order valence-electron chi connectivity index (χ2n) is 6.82. The van der Waals surface area contributed by atoms with Gasteiger partial charge in [-0.3, -0.25) is 4.79 Å². The predicted octanol–water partition coefficient (Wildman–Crippen LogP) is 5.76. The zero-order valence-electron chi connectivity index (χ0n) is 15.7. The van der Waals surface area contributed by atoms with Gasteiger partial charge in [0.1, 0.15) is 5.75 Å². The number of amides is 1. The smallest absolute Gasteiger partial charge is 0.261 e.